The quantitative estimate of drug-likeness (QED) is 0.908. The molecule has 1 aromatic rings. The van der Waals surface area contributed by atoms with Crippen molar-refractivity contribution in [2.75, 3.05) is 13.7 Å². The van der Waals surface area contributed by atoms with Gasteiger partial charge in [-0.3, -0.25) is 4.79 Å². The van der Waals surface area contributed by atoms with Gasteiger partial charge in [0.05, 0.1) is 7.11 Å². The molecule has 0 amide bonds. The third-order valence-electron chi connectivity index (χ3n) is 4.11. The average Bonchev–Trinajstić information content (AvgIpc) is 2.96. The maximum absolute atomic E-state index is 13.0. The number of carbonyl (C=O) groups is 1. The van der Waals surface area contributed by atoms with E-state index < -0.39 is 22.0 Å². The normalized spacial score (nSPS) is 19.7. The van der Waals surface area contributed by atoms with Gasteiger partial charge in [0, 0.05) is 6.54 Å². The molecule has 1 aliphatic rings. The molecule has 1 aromatic carbocycles. The number of hydrogen-bond donors (Lipinski definition) is 1. The number of carboxylic acids is 1. The summed E-state index contributed by atoms with van der Waals surface area (Å²) in [6.07, 6.45) is 0.868. The van der Waals surface area contributed by atoms with E-state index in [0.717, 1.165) is 9.87 Å². The Morgan fingerprint density at radius 1 is 1.35 bits per heavy atom. The molecule has 6 nitrogen and oxygen atoms in total. The third-order valence-corrected chi connectivity index (χ3v) is 6.03. The van der Waals surface area contributed by atoms with Crippen LogP contribution >= 0.6 is 0 Å². The van der Waals surface area contributed by atoms with Crippen molar-refractivity contribution in [2.24, 2.45) is 0 Å². The average molecular weight is 341 g/mol. The van der Waals surface area contributed by atoms with Crippen LogP contribution in [0.4, 0.5) is 0 Å². The molecule has 0 spiro atoms. The smallest absolute Gasteiger partial charge is 0.322 e. The molecular weight excluding hydrogens is 318 g/mol. The third kappa shape index (κ3) is 3.35. The molecule has 0 radical (unpaired) electrons. The van der Waals surface area contributed by atoms with E-state index in [-0.39, 0.29) is 22.6 Å². The van der Waals surface area contributed by atoms with Crippen LogP contribution in [0.2, 0.25) is 0 Å². The highest BCUT2D eigenvalue weighted by molar-refractivity contribution is 7.89. The fourth-order valence-electron chi connectivity index (χ4n) is 2.75. The first-order chi connectivity index (χ1) is 10.6. The fraction of sp³-hybridized carbons (Fsp3) is 0.562. The summed E-state index contributed by atoms with van der Waals surface area (Å²) in [4.78, 5) is 11.4. The number of sulfonamides is 1. The van der Waals surface area contributed by atoms with Gasteiger partial charge >= 0.3 is 5.97 Å². The Balaban J connectivity index is 2.56. The number of methoxy groups -OCH3 is 1. The lowest BCUT2D eigenvalue weighted by Crippen LogP contribution is -2.40. The number of benzene rings is 1. The molecule has 1 atom stereocenters. The van der Waals surface area contributed by atoms with Crippen LogP contribution in [0.5, 0.6) is 5.75 Å². The summed E-state index contributed by atoms with van der Waals surface area (Å²) in [7, 11) is -2.52. The van der Waals surface area contributed by atoms with Crippen LogP contribution in [0.15, 0.2) is 23.1 Å². The topological polar surface area (TPSA) is 83.9 Å². The molecule has 1 saturated heterocycles. The van der Waals surface area contributed by atoms with E-state index in [1.54, 1.807) is 12.1 Å². The number of hydrogen-bond acceptors (Lipinski definition) is 4. The summed E-state index contributed by atoms with van der Waals surface area (Å²) >= 11 is 0. The highest BCUT2D eigenvalue weighted by Crippen LogP contribution is 2.35. The Morgan fingerprint density at radius 3 is 2.52 bits per heavy atom. The van der Waals surface area contributed by atoms with Crippen molar-refractivity contribution in [3.05, 3.63) is 23.8 Å². The molecule has 7 heteroatoms. The van der Waals surface area contributed by atoms with Crippen molar-refractivity contribution in [1.82, 2.24) is 4.31 Å². The van der Waals surface area contributed by atoms with Crippen LogP contribution < -0.4 is 4.74 Å². The maximum Gasteiger partial charge on any atom is 0.322 e. The predicted molar refractivity (Wildman–Crippen MR) is 86.2 cm³/mol. The maximum atomic E-state index is 13.0. The molecular formula is C16H23NO5S. The lowest BCUT2D eigenvalue weighted by molar-refractivity contribution is -0.140. The lowest BCUT2D eigenvalue weighted by Gasteiger charge is -2.25. The molecule has 23 heavy (non-hydrogen) atoms. The van der Waals surface area contributed by atoms with Crippen molar-refractivity contribution in [1.29, 1.82) is 0 Å². The Morgan fingerprint density at radius 2 is 2.00 bits per heavy atom. The number of carboxylic acid groups (broad SMARTS) is 1. The van der Waals surface area contributed by atoms with E-state index >= 15 is 0 Å². The zero-order valence-corrected chi connectivity index (χ0v) is 14.7. The minimum atomic E-state index is -3.93. The van der Waals surface area contributed by atoms with Crippen molar-refractivity contribution in [3.8, 4) is 5.75 Å². The van der Waals surface area contributed by atoms with Gasteiger partial charge < -0.3 is 9.84 Å². The van der Waals surface area contributed by atoms with Crippen LogP contribution in [-0.2, 0) is 20.2 Å². The van der Waals surface area contributed by atoms with Gasteiger partial charge in [0.15, 0.2) is 0 Å². The minimum Gasteiger partial charge on any atom is -0.495 e. The largest absolute Gasteiger partial charge is 0.495 e. The van der Waals surface area contributed by atoms with Gasteiger partial charge in [-0.15, -0.1) is 0 Å². The van der Waals surface area contributed by atoms with E-state index in [9.17, 15) is 18.3 Å². The number of aliphatic carboxylic acids is 1. The van der Waals surface area contributed by atoms with Crippen molar-refractivity contribution >= 4 is 16.0 Å². The highest BCUT2D eigenvalue weighted by Gasteiger charge is 2.41. The van der Waals surface area contributed by atoms with Gasteiger partial charge in [-0.1, -0.05) is 26.8 Å². The zero-order chi connectivity index (χ0) is 17.4. The monoisotopic (exact) mass is 341 g/mol. The molecule has 1 aliphatic heterocycles. The summed E-state index contributed by atoms with van der Waals surface area (Å²) < 4.78 is 32.3. The second-order valence-electron chi connectivity index (χ2n) is 6.73. The summed E-state index contributed by atoms with van der Waals surface area (Å²) in [6.45, 7) is 6.17. The molecule has 2 rings (SSSR count). The molecule has 1 fully saturated rings. The molecule has 128 valence electrons. The summed E-state index contributed by atoms with van der Waals surface area (Å²) in [6, 6.07) is 4.03. The molecule has 1 unspecified atom stereocenters. The van der Waals surface area contributed by atoms with Crippen molar-refractivity contribution < 1.29 is 23.1 Å². The molecule has 0 aromatic heterocycles. The molecule has 0 bridgehead atoms. The van der Waals surface area contributed by atoms with E-state index in [1.165, 1.54) is 7.11 Å². The van der Waals surface area contributed by atoms with Gasteiger partial charge in [-0.25, -0.2) is 8.42 Å². The number of rotatable bonds is 4. The van der Waals surface area contributed by atoms with E-state index in [4.69, 9.17) is 4.74 Å². The van der Waals surface area contributed by atoms with E-state index in [0.29, 0.717) is 12.8 Å². The first-order valence-corrected chi connectivity index (χ1v) is 8.96. The molecule has 0 aliphatic carbocycles. The Kier molecular flexibility index (Phi) is 4.73. The summed E-state index contributed by atoms with van der Waals surface area (Å²) in [5.74, 6) is -0.883. The van der Waals surface area contributed by atoms with Crippen LogP contribution in [-0.4, -0.2) is 43.5 Å². The summed E-state index contributed by atoms with van der Waals surface area (Å²) in [5, 5.41) is 9.27. The fourth-order valence-corrected chi connectivity index (χ4v) is 4.58. The molecule has 1 N–H and O–H groups in total. The van der Waals surface area contributed by atoms with Crippen LogP contribution in [0.25, 0.3) is 0 Å². The SMILES string of the molecule is COc1ccc(C(C)(C)C)cc1S(=O)(=O)N1CCCC1C(=O)O. The van der Waals surface area contributed by atoms with Gasteiger partial charge in [-0.05, 0) is 36.0 Å². The first kappa shape index (κ1) is 17.7. The molecule has 1 heterocycles. The van der Waals surface area contributed by atoms with Gasteiger partial charge in [0.2, 0.25) is 10.0 Å². The van der Waals surface area contributed by atoms with Crippen molar-refractivity contribution in [2.45, 2.75) is 50.0 Å². The summed E-state index contributed by atoms with van der Waals surface area (Å²) in [5.41, 5.74) is 0.622. The van der Waals surface area contributed by atoms with Gasteiger partial charge in [0.1, 0.15) is 16.7 Å². The van der Waals surface area contributed by atoms with Gasteiger partial charge in [-0.2, -0.15) is 4.31 Å². The lowest BCUT2D eigenvalue weighted by atomic mass is 9.87. The Labute approximate surface area is 137 Å². The van der Waals surface area contributed by atoms with Crippen molar-refractivity contribution in [3.63, 3.8) is 0 Å². The Hall–Kier alpha value is -1.60. The highest BCUT2D eigenvalue weighted by atomic mass is 32.2. The predicted octanol–water partition coefficient (Wildman–Crippen LogP) is 2.23. The van der Waals surface area contributed by atoms with Crippen LogP contribution in [0.1, 0.15) is 39.2 Å². The van der Waals surface area contributed by atoms with E-state index in [2.05, 4.69) is 0 Å². The second-order valence-corrected chi connectivity index (χ2v) is 8.59. The first-order valence-electron chi connectivity index (χ1n) is 7.52. The Bertz CT molecular complexity index is 706. The minimum absolute atomic E-state index is 0.0283. The standard InChI is InChI=1S/C16H23NO5S/c1-16(2,3)11-7-8-13(22-4)14(10-11)23(20,21)17-9-5-6-12(17)15(18)19/h7-8,10,12H,5-6,9H2,1-4H3,(H,18,19). The van der Waals surface area contributed by atoms with Crippen LogP contribution in [0, 0.1) is 0 Å². The van der Waals surface area contributed by atoms with E-state index in [1.807, 2.05) is 26.8 Å². The second kappa shape index (κ2) is 6.13. The van der Waals surface area contributed by atoms with Gasteiger partial charge in [0.25, 0.3) is 0 Å². The number of nitrogens with zero attached hydrogens (tertiary/aromatic N) is 1. The number of ether oxygens (including phenoxy) is 1. The van der Waals surface area contributed by atoms with Crippen LogP contribution in [0.3, 0.4) is 0 Å². The molecule has 0 saturated carbocycles. The zero-order valence-electron chi connectivity index (χ0n) is 13.9.